The first-order chi connectivity index (χ1) is 7.67. The number of alkyl halides is 6. The van der Waals surface area contributed by atoms with E-state index in [0.717, 1.165) is 31.2 Å². The van der Waals surface area contributed by atoms with Gasteiger partial charge in [-0.1, -0.05) is 37.3 Å². The van der Waals surface area contributed by atoms with Gasteiger partial charge in [-0.05, 0) is 12.0 Å². The van der Waals surface area contributed by atoms with Crippen LogP contribution in [-0.4, -0.2) is 12.4 Å². The minimum absolute atomic E-state index is 0.775. The van der Waals surface area contributed by atoms with Crippen molar-refractivity contribution in [2.75, 3.05) is 0 Å². The van der Waals surface area contributed by atoms with Crippen LogP contribution in [0.5, 0.6) is 0 Å². The van der Waals surface area contributed by atoms with Crippen molar-refractivity contribution in [2.24, 2.45) is 0 Å². The molecule has 0 aromatic heterocycles. The van der Waals surface area contributed by atoms with Crippen LogP contribution in [0.4, 0.5) is 26.3 Å². The van der Waals surface area contributed by atoms with Crippen LogP contribution in [-0.2, 0) is 5.41 Å². The number of benzene rings is 1. The van der Waals surface area contributed by atoms with Crippen LogP contribution in [0.3, 0.4) is 0 Å². The van der Waals surface area contributed by atoms with Gasteiger partial charge in [0.25, 0.3) is 0 Å². The van der Waals surface area contributed by atoms with Gasteiger partial charge in [-0.25, -0.2) is 0 Å². The van der Waals surface area contributed by atoms with Crippen molar-refractivity contribution in [1.29, 1.82) is 0 Å². The van der Waals surface area contributed by atoms with Gasteiger partial charge >= 0.3 is 12.4 Å². The Kier molecular flexibility index (Phi) is 3.45. The Labute approximate surface area is 94.2 Å². The molecule has 0 saturated heterocycles. The third-order valence-corrected chi connectivity index (χ3v) is 2.76. The molecule has 0 atom stereocenters. The Morgan fingerprint density at radius 1 is 0.824 bits per heavy atom. The molecular weight excluding hydrogens is 246 g/mol. The summed E-state index contributed by atoms with van der Waals surface area (Å²) >= 11 is 0. The fourth-order valence-electron chi connectivity index (χ4n) is 1.82. The van der Waals surface area contributed by atoms with E-state index in [-0.39, 0.29) is 0 Å². The highest BCUT2D eigenvalue weighted by Crippen LogP contribution is 2.53. The summed E-state index contributed by atoms with van der Waals surface area (Å²) in [6, 6.07) is 5.40. The smallest absolute Gasteiger partial charge is 0.170 e. The minimum Gasteiger partial charge on any atom is -0.170 e. The highest BCUT2D eigenvalue weighted by Gasteiger charge is 2.70. The van der Waals surface area contributed by atoms with Gasteiger partial charge in [0.15, 0.2) is 5.41 Å². The van der Waals surface area contributed by atoms with E-state index in [1.54, 1.807) is 0 Å². The summed E-state index contributed by atoms with van der Waals surface area (Å²) in [5.41, 5.74) is -4.57. The largest absolute Gasteiger partial charge is 0.407 e. The van der Waals surface area contributed by atoms with Crippen molar-refractivity contribution in [2.45, 2.75) is 31.1 Å². The molecule has 0 aliphatic rings. The zero-order chi connectivity index (χ0) is 13.3. The van der Waals surface area contributed by atoms with E-state index < -0.39 is 29.8 Å². The highest BCUT2D eigenvalue weighted by molar-refractivity contribution is 5.29. The molecule has 17 heavy (non-hydrogen) atoms. The molecule has 0 heterocycles. The second-order valence-corrected chi connectivity index (χ2v) is 3.62. The van der Waals surface area contributed by atoms with Crippen LogP contribution in [0.25, 0.3) is 0 Å². The van der Waals surface area contributed by atoms with Crippen molar-refractivity contribution in [3.05, 3.63) is 35.9 Å². The maximum Gasteiger partial charge on any atom is 0.407 e. The van der Waals surface area contributed by atoms with Gasteiger partial charge in [-0.2, -0.15) is 26.3 Å². The molecule has 6 heteroatoms. The molecule has 0 radical (unpaired) electrons. The van der Waals surface area contributed by atoms with Crippen molar-refractivity contribution < 1.29 is 26.3 Å². The molecule has 0 aliphatic heterocycles. The van der Waals surface area contributed by atoms with E-state index in [9.17, 15) is 26.3 Å². The summed E-state index contributed by atoms with van der Waals surface area (Å²) in [5, 5.41) is 0. The van der Waals surface area contributed by atoms with Crippen LogP contribution in [0.2, 0.25) is 0 Å². The average molecular weight is 256 g/mol. The number of halogens is 6. The Balaban J connectivity index is 3.49. The Hall–Kier alpha value is -1.20. The molecule has 0 unspecified atom stereocenters. The molecule has 0 fully saturated rings. The van der Waals surface area contributed by atoms with E-state index in [1.807, 2.05) is 0 Å². The predicted octanol–water partition coefficient (Wildman–Crippen LogP) is 4.46. The number of hydrogen-bond donors (Lipinski definition) is 0. The zero-order valence-electron chi connectivity index (χ0n) is 8.86. The monoisotopic (exact) mass is 256 g/mol. The summed E-state index contributed by atoms with van der Waals surface area (Å²) in [7, 11) is 0. The highest BCUT2D eigenvalue weighted by atomic mass is 19.4. The molecule has 96 valence electrons. The summed E-state index contributed by atoms with van der Waals surface area (Å²) in [6.07, 6.45) is -11.8. The first-order valence-electron chi connectivity index (χ1n) is 4.86. The van der Waals surface area contributed by atoms with Gasteiger partial charge in [0.1, 0.15) is 0 Å². The summed E-state index contributed by atoms with van der Waals surface area (Å²) in [6.45, 7) is 0.883. The van der Waals surface area contributed by atoms with Gasteiger partial charge in [0.05, 0.1) is 0 Å². The predicted molar refractivity (Wildman–Crippen MR) is 50.5 cm³/mol. The standard InChI is InChI=1S/C11H10F6/c1-2-9(10(12,13)14,11(15,16)17)8-6-4-3-5-7-8/h3-7H,2H2,1H3. The summed E-state index contributed by atoms with van der Waals surface area (Å²) in [4.78, 5) is 0. The molecule has 0 N–H and O–H groups in total. The molecule has 1 aromatic carbocycles. The Morgan fingerprint density at radius 3 is 1.53 bits per heavy atom. The van der Waals surface area contributed by atoms with Gasteiger partial charge in [-0.15, -0.1) is 0 Å². The van der Waals surface area contributed by atoms with Crippen LogP contribution in [0, 0.1) is 0 Å². The topological polar surface area (TPSA) is 0 Å². The first-order valence-corrected chi connectivity index (χ1v) is 4.86. The van der Waals surface area contributed by atoms with Crippen molar-refractivity contribution in [1.82, 2.24) is 0 Å². The summed E-state index contributed by atoms with van der Waals surface area (Å²) in [5.74, 6) is 0. The molecule has 1 aromatic rings. The van der Waals surface area contributed by atoms with Crippen molar-refractivity contribution in [3.8, 4) is 0 Å². The molecule has 0 nitrogen and oxygen atoms in total. The van der Waals surface area contributed by atoms with Gasteiger partial charge < -0.3 is 0 Å². The maximum atomic E-state index is 12.8. The second-order valence-electron chi connectivity index (χ2n) is 3.62. The molecule has 0 amide bonds. The lowest BCUT2D eigenvalue weighted by Gasteiger charge is -2.36. The second kappa shape index (κ2) is 4.23. The quantitative estimate of drug-likeness (QED) is 0.685. The van der Waals surface area contributed by atoms with Gasteiger partial charge in [0.2, 0.25) is 0 Å². The first kappa shape index (κ1) is 13.9. The number of rotatable bonds is 2. The summed E-state index contributed by atoms with van der Waals surface area (Å²) < 4.78 is 77.0. The minimum atomic E-state index is -5.37. The van der Waals surface area contributed by atoms with E-state index in [0.29, 0.717) is 0 Å². The molecular formula is C11H10F6. The number of hydrogen-bond acceptors (Lipinski definition) is 0. The fourth-order valence-corrected chi connectivity index (χ4v) is 1.82. The average Bonchev–Trinajstić information content (AvgIpc) is 2.16. The van der Waals surface area contributed by atoms with Crippen LogP contribution >= 0.6 is 0 Å². The van der Waals surface area contributed by atoms with Crippen molar-refractivity contribution >= 4 is 0 Å². The van der Waals surface area contributed by atoms with Crippen LogP contribution in [0.15, 0.2) is 30.3 Å². The van der Waals surface area contributed by atoms with E-state index in [2.05, 4.69) is 0 Å². The molecule has 0 aliphatic carbocycles. The van der Waals surface area contributed by atoms with E-state index >= 15 is 0 Å². The third kappa shape index (κ3) is 2.12. The van der Waals surface area contributed by atoms with Crippen molar-refractivity contribution in [3.63, 3.8) is 0 Å². The third-order valence-electron chi connectivity index (χ3n) is 2.76. The van der Waals surface area contributed by atoms with Gasteiger partial charge in [0, 0.05) is 0 Å². The molecule has 1 rings (SSSR count). The lowest BCUT2D eigenvalue weighted by Crippen LogP contribution is -2.53. The Bertz CT molecular complexity index is 348. The zero-order valence-corrected chi connectivity index (χ0v) is 8.86. The fraction of sp³-hybridized carbons (Fsp3) is 0.455. The lowest BCUT2D eigenvalue weighted by atomic mass is 9.76. The molecule has 0 saturated carbocycles. The maximum absolute atomic E-state index is 12.8. The van der Waals surface area contributed by atoms with E-state index in [4.69, 9.17) is 0 Å². The van der Waals surface area contributed by atoms with Crippen LogP contribution < -0.4 is 0 Å². The SMILES string of the molecule is CCC(c1ccccc1)(C(F)(F)F)C(F)(F)F. The molecule has 0 bridgehead atoms. The van der Waals surface area contributed by atoms with Crippen LogP contribution in [0.1, 0.15) is 18.9 Å². The van der Waals surface area contributed by atoms with E-state index in [1.165, 1.54) is 6.07 Å². The Morgan fingerprint density at radius 2 is 1.24 bits per heavy atom. The normalized spacial score (nSPS) is 13.8. The molecule has 0 spiro atoms. The van der Waals surface area contributed by atoms with Gasteiger partial charge in [-0.3, -0.25) is 0 Å². The lowest BCUT2D eigenvalue weighted by molar-refractivity contribution is -0.304.